The molecule has 2 N–H and O–H groups in total. The number of nitrogens with two attached hydrogens (primary N) is 1. The molecule has 0 saturated carbocycles. The fourth-order valence-corrected chi connectivity index (χ4v) is 1.71. The van der Waals surface area contributed by atoms with Gasteiger partial charge in [0.15, 0.2) is 0 Å². The van der Waals surface area contributed by atoms with Crippen LogP contribution in [0.25, 0.3) is 11.0 Å². The molecule has 1 aromatic carbocycles. The number of carbonyl (C=O) groups excluding carboxylic acids is 1. The summed E-state index contributed by atoms with van der Waals surface area (Å²) in [6.07, 6.45) is 1.62. The Bertz CT molecular complexity index is 504. The molecule has 84 valence electrons. The highest BCUT2D eigenvalue weighted by molar-refractivity contribution is 5.83. The van der Waals surface area contributed by atoms with Gasteiger partial charge in [0, 0.05) is 11.9 Å². The van der Waals surface area contributed by atoms with Crippen molar-refractivity contribution in [3.8, 4) is 0 Å². The number of ether oxygens (including phenoxy) is 1. The molecule has 1 aromatic heterocycles. The first-order valence-corrected chi connectivity index (χ1v) is 5.01. The van der Waals surface area contributed by atoms with Crippen molar-refractivity contribution >= 4 is 16.9 Å². The maximum atomic E-state index is 11.5. The zero-order valence-electron chi connectivity index (χ0n) is 8.97. The molecule has 0 fully saturated rings. The quantitative estimate of drug-likeness (QED) is 0.797. The first-order valence-electron chi connectivity index (χ1n) is 5.01. The summed E-state index contributed by atoms with van der Waals surface area (Å²) in [5.41, 5.74) is 7.22. The zero-order chi connectivity index (χ0) is 11.5. The standard InChI is InChI=1S/C12H13NO3/c1-15-12(14)10(7-13)8-2-3-11-9(6-8)4-5-16-11/h2-6,10H,7,13H2,1H3. The molecular formula is C12H13NO3. The van der Waals surface area contributed by atoms with Gasteiger partial charge in [-0.15, -0.1) is 0 Å². The number of esters is 1. The van der Waals surface area contributed by atoms with Crippen molar-refractivity contribution in [2.75, 3.05) is 13.7 Å². The molecule has 0 amide bonds. The van der Waals surface area contributed by atoms with Crippen molar-refractivity contribution in [2.45, 2.75) is 5.92 Å². The lowest BCUT2D eigenvalue weighted by molar-refractivity contribution is -0.142. The predicted molar refractivity (Wildman–Crippen MR) is 60.0 cm³/mol. The number of hydrogen-bond donors (Lipinski definition) is 1. The van der Waals surface area contributed by atoms with Gasteiger partial charge >= 0.3 is 5.97 Å². The topological polar surface area (TPSA) is 65.5 Å². The van der Waals surface area contributed by atoms with E-state index in [0.29, 0.717) is 0 Å². The minimum atomic E-state index is -0.413. The Morgan fingerprint density at radius 2 is 2.31 bits per heavy atom. The van der Waals surface area contributed by atoms with Gasteiger partial charge in [-0.1, -0.05) is 6.07 Å². The van der Waals surface area contributed by atoms with Gasteiger partial charge < -0.3 is 14.9 Å². The molecule has 0 aliphatic rings. The zero-order valence-corrected chi connectivity index (χ0v) is 8.97. The maximum Gasteiger partial charge on any atom is 0.314 e. The van der Waals surface area contributed by atoms with E-state index in [0.717, 1.165) is 16.5 Å². The van der Waals surface area contributed by atoms with E-state index in [4.69, 9.17) is 14.9 Å². The Morgan fingerprint density at radius 3 is 3.00 bits per heavy atom. The smallest absolute Gasteiger partial charge is 0.314 e. The number of fused-ring (bicyclic) bond motifs is 1. The van der Waals surface area contributed by atoms with Gasteiger partial charge in [-0.25, -0.2) is 0 Å². The molecule has 0 aliphatic heterocycles. The summed E-state index contributed by atoms with van der Waals surface area (Å²) in [6, 6.07) is 7.41. The van der Waals surface area contributed by atoms with Gasteiger partial charge in [-0.3, -0.25) is 4.79 Å². The first-order chi connectivity index (χ1) is 7.76. The maximum absolute atomic E-state index is 11.5. The fourth-order valence-electron chi connectivity index (χ4n) is 1.71. The number of benzene rings is 1. The van der Waals surface area contributed by atoms with Crippen LogP contribution in [-0.4, -0.2) is 19.6 Å². The summed E-state index contributed by atoms with van der Waals surface area (Å²) in [6.45, 7) is 0.232. The third-order valence-electron chi connectivity index (χ3n) is 2.60. The summed E-state index contributed by atoms with van der Waals surface area (Å²) in [5.74, 6) is -0.727. The van der Waals surface area contributed by atoms with Gasteiger partial charge in [0.2, 0.25) is 0 Å². The van der Waals surface area contributed by atoms with Crippen molar-refractivity contribution < 1.29 is 13.9 Å². The van der Waals surface area contributed by atoms with E-state index < -0.39 is 5.92 Å². The third kappa shape index (κ3) is 1.79. The minimum Gasteiger partial charge on any atom is -0.469 e. The normalized spacial score (nSPS) is 12.6. The van der Waals surface area contributed by atoms with E-state index in [9.17, 15) is 4.79 Å². The lowest BCUT2D eigenvalue weighted by Crippen LogP contribution is -2.22. The molecule has 4 heteroatoms. The second kappa shape index (κ2) is 4.37. The van der Waals surface area contributed by atoms with Crippen molar-refractivity contribution in [3.63, 3.8) is 0 Å². The van der Waals surface area contributed by atoms with Crippen LogP contribution in [0.15, 0.2) is 34.9 Å². The van der Waals surface area contributed by atoms with E-state index in [1.54, 1.807) is 6.26 Å². The Kier molecular flexibility index (Phi) is 2.92. The van der Waals surface area contributed by atoms with E-state index in [1.807, 2.05) is 24.3 Å². The molecule has 0 saturated heterocycles. The fraction of sp³-hybridized carbons (Fsp3) is 0.250. The highest BCUT2D eigenvalue weighted by Crippen LogP contribution is 2.22. The lowest BCUT2D eigenvalue weighted by Gasteiger charge is -2.12. The second-order valence-electron chi connectivity index (χ2n) is 3.53. The molecule has 1 unspecified atom stereocenters. The van der Waals surface area contributed by atoms with Crippen LogP contribution in [0.3, 0.4) is 0 Å². The molecule has 0 spiro atoms. The van der Waals surface area contributed by atoms with Crippen molar-refractivity contribution in [3.05, 3.63) is 36.1 Å². The van der Waals surface area contributed by atoms with E-state index in [-0.39, 0.29) is 12.5 Å². The summed E-state index contributed by atoms with van der Waals surface area (Å²) < 4.78 is 9.93. The summed E-state index contributed by atoms with van der Waals surface area (Å²) in [5, 5.41) is 0.958. The molecule has 2 aromatic rings. The van der Waals surface area contributed by atoms with Crippen molar-refractivity contribution in [1.82, 2.24) is 0 Å². The van der Waals surface area contributed by atoms with E-state index in [2.05, 4.69) is 0 Å². The Morgan fingerprint density at radius 1 is 1.50 bits per heavy atom. The average molecular weight is 219 g/mol. The van der Waals surface area contributed by atoms with Crippen LogP contribution in [0, 0.1) is 0 Å². The van der Waals surface area contributed by atoms with Crippen LogP contribution >= 0.6 is 0 Å². The van der Waals surface area contributed by atoms with Crippen LogP contribution in [-0.2, 0) is 9.53 Å². The van der Waals surface area contributed by atoms with E-state index >= 15 is 0 Å². The summed E-state index contributed by atoms with van der Waals surface area (Å²) in [7, 11) is 1.36. The summed E-state index contributed by atoms with van der Waals surface area (Å²) >= 11 is 0. The average Bonchev–Trinajstić information content (AvgIpc) is 2.77. The summed E-state index contributed by atoms with van der Waals surface area (Å²) in [4.78, 5) is 11.5. The third-order valence-corrected chi connectivity index (χ3v) is 2.60. The Hall–Kier alpha value is -1.81. The van der Waals surface area contributed by atoms with Gasteiger partial charge in [0.1, 0.15) is 5.58 Å². The monoisotopic (exact) mass is 219 g/mol. The van der Waals surface area contributed by atoms with Crippen LogP contribution in [0.5, 0.6) is 0 Å². The Balaban J connectivity index is 2.40. The molecular weight excluding hydrogens is 206 g/mol. The first kappa shape index (κ1) is 10.7. The van der Waals surface area contributed by atoms with E-state index in [1.165, 1.54) is 7.11 Å². The predicted octanol–water partition coefficient (Wildman–Crippen LogP) is 1.65. The van der Waals surface area contributed by atoms with Crippen LogP contribution in [0.4, 0.5) is 0 Å². The molecule has 0 bridgehead atoms. The van der Waals surface area contributed by atoms with Gasteiger partial charge in [-0.2, -0.15) is 0 Å². The number of rotatable bonds is 3. The molecule has 4 nitrogen and oxygen atoms in total. The highest BCUT2D eigenvalue weighted by atomic mass is 16.5. The van der Waals surface area contributed by atoms with Crippen molar-refractivity contribution in [1.29, 1.82) is 0 Å². The van der Waals surface area contributed by atoms with Crippen molar-refractivity contribution in [2.24, 2.45) is 5.73 Å². The largest absolute Gasteiger partial charge is 0.469 e. The number of methoxy groups -OCH3 is 1. The SMILES string of the molecule is COC(=O)C(CN)c1ccc2occc2c1. The number of furan rings is 1. The Labute approximate surface area is 93.0 Å². The second-order valence-corrected chi connectivity index (χ2v) is 3.53. The molecule has 16 heavy (non-hydrogen) atoms. The van der Waals surface area contributed by atoms with Crippen LogP contribution in [0.1, 0.15) is 11.5 Å². The van der Waals surface area contributed by atoms with Gasteiger partial charge in [0.25, 0.3) is 0 Å². The van der Waals surface area contributed by atoms with Gasteiger partial charge in [0.05, 0.1) is 19.3 Å². The lowest BCUT2D eigenvalue weighted by atomic mass is 9.98. The molecule has 2 rings (SSSR count). The van der Waals surface area contributed by atoms with Gasteiger partial charge in [-0.05, 0) is 23.8 Å². The number of carbonyl (C=O) groups is 1. The minimum absolute atomic E-state index is 0.232. The van der Waals surface area contributed by atoms with Crippen LogP contribution in [0.2, 0.25) is 0 Å². The molecule has 1 heterocycles. The number of hydrogen-bond acceptors (Lipinski definition) is 4. The highest BCUT2D eigenvalue weighted by Gasteiger charge is 2.19. The van der Waals surface area contributed by atoms with Crippen LogP contribution < -0.4 is 5.73 Å². The molecule has 0 aliphatic carbocycles. The molecule has 1 atom stereocenters. The molecule has 0 radical (unpaired) electrons.